The number of nitrogens with zero attached hydrogens (tertiary/aromatic N) is 2. The summed E-state index contributed by atoms with van der Waals surface area (Å²) in [6, 6.07) is 0. The molecule has 0 aliphatic carbocycles. The fourth-order valence-corrected chi connectivity index (χ4v) is 3.52. The van der Waals surface area contributed by atoms with E-state index < -0.39 is 37.1 Å². The van der Waals surface area contributed by atoms with Crippen LogP contribution in [-0.4, -0.2) is 63.9 Å². The van der Waals surface area contributed by atoms with Gasteiger partial charge in [0.2, 0.25) is 0 Å². The predicted octanol–water partition coefficient (Wildman–Crippen LogP) is -0.0846. The van der Waals surface area contributed by atoms with E-state index in [0.29, 0.717) is 12.0 Å². The summed E-state index contributed by atoms with van der Waals surface area (Å²) in [7, 11) is 0. The zero-order valence-electron chi connectivity index (χ0n) is 14.1. The van der Waals surface area contributed by atoms with Crippen LogP contribution in [0.4, 0.5) is 5.82 Å². The van der Waals surface area contributed by atoms with Gasteiger partial charge >= 0.3 is 5.69 Å². The second kappa shape index (κ2) is 7.12. The third-order valence-electron chi connectivity index (χ3n) is 3.87. The van der Waals surface area contributed by atoms with Crippen molar-refractivity contribution in [1.82, 2.24) is 9.55 Å². The maximum absolute atomic E-state index is 12.1. The van der Waals surface area contributed by atoms with Crippen LogP contribution < -0.4 is 11.4 Å². The molecule has 0 aromatic carbocycles. The first-order valence-corrected chi connectivity index (χ1v) is 10.7. The van der Waals surface area contributed by atoms with Crippen molar-refractivity contribution in [2.24, 2.45) is 0 Å². The van der Waals surface area contributed by atoms with Gasteiger partial charge in [-0.25, -0.2) is 4.79 Å². The summed E-state index contributed by atoms with van der Waals surface area (Å²) in [6.07, 6.45) is 3.03. The maximum atomic E-state index is 12.1. The van der Waals surface area contributed by atoms with Gasteiger partial charge in [-0.15, -0.1) is 19.1 Å². The Balaban J connectivity index is 2.29. The Hall–Kier alpha value is -1.58. The smallest absolute Gasteiger partial charge is 0.351 e. The van der Waals surface area contributed by atoms with E-state index in [1.165, 1.54) is 6.20 Å². The highest BCUT2D eigenvalue weighted by molar-refractivity contribution is 7.72. The van der Waals surface area contributed by atoms with Crippen molar-refractivity contribution >= 4 is 19.0 Å². The Morgan fingerprint density at radius 1 is 1.46 bits per heavy atom. The van der Waals surface area contributed by atoms with Crippen molar-refractivity contribution in [3.8, 4) is 11.8 Å². The van der Waals surface area contributed by atoms with Crippen molar-refractivity contribution in [2.45, 2.75) is 37.9 Å². The van der Waals surface area contributed by atoms with Crippen molar-refractivity contribution in [2.75, 3.05) is 25.2 Å². The van der Waals surface area contributed by atoms with Crippen molar-refractivity contribution < 1.29 is 14.9 Å². The Bertz CT molecular complexity index is 774. The van der Waals surface area contributed by atoms with Crippen molar-refractivity contribution in [3.63, 3.8) is 0 Å². The highest BCUT2D eigenvalue weighted by Crippen LogP contribution is 2.39. The lowest BCUT2D eigenvalue weighted by Gasteiger charge is -2.19. The summed E-state index contributed by atoms with van der Waals surface area (Å²) in [5.41, 5.74) is 5.39. The molecule has 24 heavy (non-hydrogen) atoms. The largest absolute Gasteiger partial charge is 0.388 e. The number of ether oxygens (including phenoxy) is 1. The zero-order chi connectivity index (χ0) is 18.1. The first-order valence-electron chi connectivity index (χ1n) is 7.64. The summed E-state index contributed by atoms with van der Waals surface area (Å²) in [5.74, 6) is 5.46. The molecular formula is C16H24N3O4P. The average molecular weight is 353 g/mol. The summed E-state index contributed by atoms with van der Waals surface area (Å²) < 4.78 is 6.88. The number of aliphatic hydroxyl groups is 2. The van der Waals surface area contributed by atoms with E-state index >= 15 is 0 Å². The summed E-state index contributed by atoms with van der Waals surface area (Å²) >= 11 is 0. The van der Waals surface area contributed by atoms with E-state index in [4.69, 9.17) is 10.5 Å². The minimum atomic E-state index is -1.28. The average Bonchev–Trinajstić information content (AvgIpc) is 2.75. The number of aliphatic hydroxyl groups excluding tert-OH is 2. The molecule has 2 heterocycles. The fraction of sp³-hybridized carbons (Fsp3) is 0.562. The van der Waals surface area contributed by atoms with Crippen LogP contribution in [0.15, 0.2) is 11.0 Å². The summed E-state index contributed by atoms with van der Waals surface area (Å²) in [4.78, 5) is 15.8. The molecule has 0 radical (unpaired) electrons. The SMILES string of the molecule is C=P(C)(C)CC[C@H]1OC(n2cc(C#CC)c(N)nc2=O)[C@H](O)[C@@H]1O. The van der Waals surface area contributed by atoms with Gasteiger partial charge in [0.15, 0.2) is 6.23 Å². The number of aromatic nitrogens is 2. The lowest BCUT2D eigenvalue weighted by molar-refractivity contribution is -0.0401. The monoisotopic (exact) mass is 353 g/mol. The highest BCUT2D eigenvalue weighted by Gasteiger charge is 2.44. The molecule has 8 heteroatoms. The molecule has 0 bridgehead atoms. The minimum absolute atomic E-state index is 0.0267. The Kier molecular flexibility index (Phi) is 5.56. The van der Waals surface area contributed by atoms with Crippen LogP contribution in [-0.2, 0) is 4.74 Å². The van der Waals surface area contributed by atoms with Gasteiger partial charge < -0.3 is 20.7 Å². The minimum Gasteiger partial charge on any atom is -0.388 e. The van der Waals surface area contributed by atoms with Crippen molar-refractivity contribution in [1.29, 1.82) is 0 Å². The van der Waals surface area contributed by atoms with E-state index in [-0.39, 0.29) is 5.82 Å². The van der Waals surface area contributed by atoms with E-state index in [1.807, 2.05) is 0 Å². The molecule has 1 fully saturated rings. The molecule has 7 nitrogen and oxygen atoms in total. The number of nitrogen functional groups attached to an aromatic ring is 1. The standard InChI is InChI=1S/C16H24N3O4P/c1-5-6-10-9-19(16(22)18-14(10)17)15-13(21)12(20)11(23-15)7-8-24(2,3)4/h9,11-13,15,20-21H,2,7-8H2,1,3-4H3,(H2,17,18,22)/t11-,12-,13-,15?/m1/s1. The fourth-order valence-electron chi connectivity index (χ4n) is 2.57. The van der Waals surface area contributed by atoms with Gasteiger partial charge in [-0.3, -0.25) is 4.57 Å². The van der Waals surface area contributed by atoms with Crippen LogP contribution in [0.5, 0.6) is 0 Å². The third kappa shape index (κ3) is 4.08. The van der Waals surface area contributed by atoms with Crippen LogP contribution in [0.2, 0.25) is 0 Å². The molecular weight excluding hydrogens is 329 g/mol. The van der Waals surface area contributed by atoms with Gasteiger partial charge in [0.1, 0.15) is 18.0 Å². The molecule has 132 valence electrons. The van der Waals surface area contributed by atoms with Crippen LogP contribution in [0.1, 0.15) is 25.1 Å². The first-order chi connectivity index (χ1) is 11.1. The molecule has 0 amide bonds. The summed E-state index contributed by atoms with van der Waals surface area (Å²) in [5, 5.41) is 20.5. The van der Waals surface area contributed by atoms with Gasteiger partial charge in [-0.2, -0.15) is 4.98 Å². The Morgan fingerprint density at radius 3 is 2.71 bits per heavy atom. The topological polar surface area (TPSA) is 111 Å². The molecule has 1 aromatic rings. The van der Waals surface area contributed by atoms with Crippen LogP contribution in [0.25, 0.3) is 0 Å². The lowest BCUT2D eigenvalue weighted by atomic mass is 10.1. The molecule has 1 aromatic heterocycles. The first kappa shape index (κ1) is 18.8. The number of hydrogen-bond acceptors (Lipinski definition) is 6. The van der Waals surface area contributed by atoms with Crippen LogP contribution in [0, 0.1) is 11.8 Å². The number of rotatable bonds is 4. The normalized spacial score (nSPS) is 26.9. The molecule has 1 aliphatic rings. The van der Waals surface area contributed by atoms with E-state index in [1.54, 1.807) is 6.92 Å². The van der Waals surface area contributed by atoms with Gasteiger partial charge in [0.25, 0.3) is 0 Å². The van der Waals surface area contributed by atoms with E-state index in [9.17, 15) is 15.0 Å². The molecule has 1 aliphatic heterocycles. The second-order valence-electron chi connectivity index (χ2n) is 6.60. The number of hydrogen-bond donors (Lipinski definition) is 3. The summed E-state index contributed by atoms with van der Waals surface area (Å²) in [6.45, 7) is 4.54. The quantitative estimate of drug-likeness (QED) is 0.516. The van der Waals surface area contributed by atoms with E-state index in [0.717, 1.165) is 10.7 Å². The second-order valence-corrected chi connectivity index (χ2v) is 10.9. The van der Waals surface area contributed by atoms with E-state index in [2.05, 4.69) is 36.5 Å². The Morgan fingerprint density at radius 2 is 2.12 bits per heavy atom. The lowest BCUT2D eigenvalue weighted by Crippen LogP contribution is -2.36. The van der Waals surface area contributed by atoms with Gasteiger partial charge in [-0.05, 0) is 32.8 Å². The number of anilines is 1. The molecule has 1 unspecified atom stereocenters. The van der Waals surface area contributed by atoms with Gasteiger partial charge in [0.05, 0.1) is 11.7 Å². The Labute approximate surface area is 141 Å². The third-order valence-corrected chi connectivity index (χ3v) is 5.34. The van der Waals surface area contributed by atoms with Gasteiger partial charge in [-0.1, -0.05) is 5.92 Å². The highest BCUT2D eigenvalue weighted by atomic mass is 31.2. The zero-order valence-corrected chi connectivity index (χ0v) is 15.0. The predicted molar refractivity (Wildman–Crippen MR) is 96.8 cm³/mol. The van der Waals surface area contributed by atoms with Crippen LogP contribution >= 0.6 is 6.89 Å². The van der Waals surface area contributed by atoms with Crippen LogP contribution in [0.3, 0.4) is 0 Å². The molecule has 0 saturated carbocycles. The number of nitrogens with two attached hydrogens (primary N) is 1. The van der Waals surface area contributed by atoms with Gasteiger partial charge in [0, 0.05) is 6.20 Å². The molecule has 0 spiro atoms. The molecule has 4 N–H and O–H groups in total. The molecule has 1 saturated heterocycles. The molecule has 4 atom stereocenters. The molecule has 2 rings (SSSR count). The maximum Gasteiger partial charge on any atom is 0.351 e. The van der Waals surface area contributed by atoms with Crippen molar-refractivity contribution in [3.05, 3.63) is 22.2 Å².